The van der Waals surface area contributed by atoms with E-state index in [0.29, 0.717) is 0 Å². The van der Waals surface area contributed by atoms with E-state index in [-0.39, 0.29) is 24.0 Å². The van der Waals surface area contributed by atoms with Gasteiger partial charge in [0, 0.05) is 28.5 Å². The quantitative estimate of drug-likeness (QED) is 0.454. The zero-order chi connectivity index (χ0) is 11.8. The van der Waals surface area contributed by atoms with Gasteiger partial charge in [0.1, 0.15) is 18.6 Å². The van der Waals surface area contributed by atoms with Crippen LogP contribution < -0.4 is 28.5 Å². The minimum absolute atomic E-state index is 0. The molecule has 0 aliphatic rings. The monoisotopic (exact) mass is 351 g/mol. The molecule has 0 unspecified atom stereocenters. The molecule has 2 heterocycles. The first-order valence-electron chi connectivity index (χ1n) is 5.69. The van der Waals surface area contributed by atoms with Gasteiger partial charge in [-0.2, -0.15) is 0 Å². The predicted octanol–water partition coefficient (Wildman–Crippen LogP) is 0.237. The molecule has 18 heavy (non-hydrogen) atoms. The van der Waals surface area contributed by atoms with Crippen molar-refractivity contribution in [2.24, 2.45) is 7.05 Å². The van der Waals surface area contributed by atoms with Crippen molar-refractivity contribution >= 4 is 10.8 Å². The van der Waals surface area contributed by atoms with Crippen LogP contribution >= 0.6 is 0 Å². The lowest BCUT2D eigenvalue weighted by atomic mass is 10.1. The van der Waals surface area contributed by atoms with Crippen LogP contribution in [-0.2, 0) is 7.05 Å². The Bertz CT molecular complexity index is 671. The molecule has 0 spiro atoms. The molecular formula is C15H14INO. The number of aromatic nitrogens is 1. The van der Waals surface area contributed by atoms with E-state index in [1.165, 1.54) is 10.8 Å². The third kappa shape index (κ3) is 2.14. The molecule has 0 N–H and O–H groups in total. The van der Waals surface area contributed by atoms with Gasteiger partial charge in [0.15, 0.2) is 12.4 Å². The van der Waals surface area contributed by atoms with Crippen molar-refractivity contribution in [3.8, 4) is 11.3 Å². The molecular weight excluding hydrogens is 337 g/mol. The average molecular weight is 351 g/mol. The normalized spacial score (nSPS) is 10.3. The summed E-state index contributed by atoms with van der Waals surface area (Å²) < 4.78 is 7.90. The topological polar surface area (TPSA) is 17.0 Å². The van der Waals surface area contributed by atoms with Crippen LogP contribution in [0.25, 0.3) is 22.1 Å². The standard InChI is InChI=1S/C15H14NO.HI/c1-11-13-5-3-4-6-14(13)15(17-11)12-7-9-16(2)10-8-12;/h3-10H,1-2H3;1H/q+1;/p-1. The van der Waals surface area contributed by atoms with Crippen LogP contribution in [0.3, 0.4) is 0 Å². The summed E-state index contributed by atoms with van der Waals surface area (Å²) in [6.45, 7) is 2.01. The minimum atomic E-state index is 0. The second-order valence-electron chi connectivity index (χ2n) is 4.29. The highest BCUT2D eigenvalue weighted by Crippen LogP contribution is 2.32. The van der Waals surface area contributed by atoms with Crippen molar-refractivity contribution in [2.45, 2.75) is 6.92 Å². The van der Waals surface area contributed by atoms with Crippen molar-refractivity contribution in [3.05, 3.63) is 54.6 Å². The molecule has 0 saturated carbocycles. The highest BCUT2D eigenvalue weighted by molar-refractivity contribution is 5.95. The van der Waals surface area contributed by atoms with Gasteiger partial charge in [0.2, 0.25) is 0 Å². The van der Waals surface area contributed by atoms with E-state index in [2.05, 4.69) is 24.3 Å². The lowest BCUT2D eigenvalue weighted by Crippen LogP contribution is -3.00. The summed E-state index contributed by atoms with van der Waals surface area (Å²) in [5.41, 5.74) is 1.12. The molecule has 2 aromatic heterocycles. The molecule has 0 fully saturated rings. The lowest BCUT2D eigenvalue weighted by molar-refractivity contribution is -0.671. The molecule has 3 heteroatoms. The fraction of sp³-hybridized carbons (Fsp3) is 0.133. The smallest absolute Gasteiger partial charge is 0.169 e. The van der Waals surface area contributed by atoms with E-state index in [1.807, 2.05) is 43.1 Å². The van der Waals surface area contributed by atoms with Crippen molar-refractivity contribution in [2.75, 3.05) is 0 Å². The number of benzene rings is 1. The van der Waals surface area contributed by atoms with Crippen LogP contribution in [0.4, 0.5) is 0 Å². The summed E-state index contributed by atoms with van der Waals surface area (Å²) in [5.74, 6) is 1.93. The number of nitrogens with zero attached hydrogens (tertiary/aromatic N) is 1. The third-order valence-corrected chi connectivity index (χ3v) is 3.05. The molecule has 0 bridgehead atoms. The van der Waals surface area contributed by atoms with Gasteiger partial charge in [0.25, 0.3) is 0 Å². The number of fused-ring (bicyclic) bond motifs is 1. The number of hydrogen-bond donors (Lipinski definition) is 0. The van der Waals surface area contributed by atoms with Gasteiger partial charge < -0.3 is 28.4 Å². The van der Waals surface area contributed by atoms with Crippen LogP contribution in [0.2, 0.25) is 0 Å². The summed E-state index contributed by atoms with van der Waals surface area (Å²) in [6, 6.07) is 12.4. The maximum atomic E-state index is 5.88. The zero-order valence-corrected chi connectivity index (χ0v) is 12.5. The Balaban J connectivity index is 0.00000120. The molecule has 1 aromatic carbocycles. The van der Waals surface area contributed by atoms with E-state index >= 15 is 0 Å². The molecule has 92 valence electrons. The Morgan fingerprint density at radius 3 is 2.22 bits per heavy atom. The predicted molar refractivity (Wildman–Crippen MR) is 67.6 cm³/mol. The molecule has 0 aliphatic heterocycles. The van der Waals surface area contributed by atoms with Crippen LogP contribution in [0.15, 0.2) is 53.2 Å². The first-order chi connectivity index (χ1) is 8.25. The average Bonchev–Trinajstić information content (AvgIpc) is 2.69. The highest BCUT2D eigenvalue weighted by Gasteiger charge is 2.12. The number of rotatable bonds is 1. The Hall–Kier alpha value is -1.36. The fourth-order valence-electron chi connectivity index (χ4n) is 2.12. The Labute approximate surface area is 123 Å². The number of aryl methyl sites for hydroxylation is 2. The summed E-state index contributed by atoms with van der Waals surface area (Å²) in [4.78, 5) is 0. The number of halogens is 1. The van der Waals surface area contributed by atoms with Crippen molar-refractivity contribution in [1.29, 1.82) is 0 Å². The van der Waals surface area contributed by atoms with Gasteiger partial charge in [-0.25, -0.2) is 4.57 Å². The second kappa shape index (κ2) is 5.10. The summed E-state index contributed by atoms with van der Waals surface area (Å²) in [6.07, 6.45) is 4.06. The number of pyridine rings is 1. The Morgan fingerprint density at radius 2 is 1.56 bits per heavy atom. The maximum Gasteiger partial charge on any atom is 0.169 e. The van der Waals surface area contributed by atoms with Crippen LogP contribution in [0, 0.1) is 6.92 Å². The number of hydrogen-bond acceptors (Lipinski definition) is 1. The Morgan fingerprint density at radius 1 is 0.944 bits per heavy atom. The van der Waals surface area contributed by atoms with Gasteiger partial charge in [-0.05, 0) is 6.92 Å². The summed E-state index contributed by atoms with van der Waals surface area (Å²) >= 11 is 0. The molecule has 0 radical (unpaired) electrons. The van der Waals surface area contributed by atoms with E-state index in [9.17, 15) is 0 Å². The van der Waals surface area contributed by atoms with E-state index < -0.39 is 0 Å². The molecule has 0 amide bonds. The van der Waals surface area contributed by atoms with Crippen LogP contribution in [0.1, 0.15) is 5.76 Å². The zero-order valence-electron chi connectivity index (χ0n) is 10.4. The van der Waals surface area contributed by atoms with Gasteiger partial charge in [0.05, 0.1) is 0 Å². The maximum absolute atomic E-state index is 5.88. The van der Waals surface area contributed by atoms with E-state index in [1.54, 1.807) is 0 Å². The molecule has 3 rings (SSSR count). The van der Waals surface area contributed by atoms with E-state index in [4.69, 9.17) is 4.42 Å². The Kier molecular flexibility index (Phi) is 3.71. The van der Waals surface area contributed by atoms with Crippen molar-refractivity contribution in [1.82, 2.24) is 0 Å². The van der Waals surface area contributed by atoms with Gasteiger partial charge in [-0.3, -0.25) is 0 Å². The molecule has 0 atom stereocenters. The summed E-state index contributed by atoms with van der Waals surface area (Å²) in [7, 11) is 2.01. The molecule has 3 aromatic rings. The minimum Gasteiger partial charge on any atom is -1.00 e. The van der Waals surface area contributed by atoms with Crippen LogP contribution in [0.5, 0.6) is 0 Å². The van der Waals surface area contributed by atoms with Crippen molar-refractivity contribution < 1.29 is 33.0 Å². The molecule has 0 saturated heterocycles. The third-order valence-electron chi connectivity index (χ3n) is 3.05. The lowest BCUT2D eigenvalue weighted by Gasteiger charge is -1.96. The second-order valence-corrected chi connectivity index (χ2v) is 4.29. The summed E-state index contributed by atoms with van der Waals surface area (Å²) in [5, 5.41) is 2.37. The van der Waals surface area contributed by atoms with Crippen molar-refractivity contribution in [3.63, 3.8) is 0 Å². The van der Waals surface area contributed by atoms with Gasteiger partial charge in [-0.15, -0.1) is 0 Å². The largest absolute Gasteiger partial charge is 1.00 e. The fourth-order valence-corrected chi connectivity index (χ4v) is 2.12. The van der Waals surface area contributed by atoms with E-state index in [0.717, 1.165) is 17.1 Å². The van der Waals surface area contributed by atoms with Gasteiger partial charge >= 0.3 is 0 Å². The molecule has 0 aliphatic carbocycles. The first-order valence-corrected chi connectivity index (χ1v) is 5.69. The van der Waals surface area contributed by atoms with Gasteiger partial charge in [-0.1, -0.05) is 24.3 Å². The SMILES string of the molecule is Cc1oc(-c2cc[n+](C)cc2)c2ccccc12.[I-]. The van der Waals surface area contributed by atoms with Crippen LogP contribution in [-0.4, -0.2) is 0 Å². The highest BCUT2D eigenvalue weighted by atomic mass is 127. The molecule has 2 nitrogen and oxygen atoms in total. The first kappa shape index (κ1) is 13.1. The number of furan rings is 1.